The van der Waals surface area contributed by atoms with Crippen LogP contribution in [0.3, 0.4) is 0 Å². The fourth-order valence-electron chi connectivity index (χ4n) is 4.24. The van der Waals surface area contributed by atoms with E-state index in [1.54, 1.807) is 13.8 Å². The molecule has 33 heavy (non-hydrogen) atoms. The van der Waals surface area contributed by atoms with Gasteiger partial charge < -0.3 is 10.6 Å². The number of nitrogens with one attached hydrogen (secondary N) is 2. The van der Waals surface area contributed by atoms with Crippen molar-refractivity contribution in [2.24, 2.45) is 5.92 Å². The average Bonchev–Trinajstić information content (AvgIpc) is 2.94. The number of allylic oxidation sites excluding steroid dienone is 1. The van der Waals surface area contributed by atoms with Crippen LogP contribution in [-0.4, -0.2) is 9.97 Å². The lowest BCUT2D eigenvalue weighted by molar-refractivity contribution is -0.0545. The number of benzene rings is 2. The number of alkyl halides is 2. The lowest BCUT2D eigenvalue weighted by Crippen LogP contribution is -2.24. The van der Waals surface area contributed by atoms with Crippen LogP contribution in [0.15, 0.2) is 42.6 Å². The van der Waals surface area contributed by atoms with Gasteiger partial charge in [0.05, 0.1) is 17.1 Å². The summed E-state index contributed by atoms with van der Waals surface area (Å²) in [4.78, 5) is 9.12. The molecule has 1 atom stereocenters. The van der Waals surface area contributed by atoms with Crippen molar-refractivity contribution in [3.63, 3.8) is 0 Å². The van der Waals surface area contributed by atoms with E-state index in [2.05, 4.69) is 41.0 Å². The number of hydrogen-bond acceptors (Lipinski definition) is 4. The van der Waals surface area contributed by atoms with Gasteiger partial charge in [-0.3, -0.25) is 0 Å². The molecular weight excluding hydrogens is 425 g/mol. The fraction of sp³-hybridized carbons (Fsp3) is 0.385. The molecule has 1 aliphatic rings. The minimum absolute atomic E-state index is 0.158. The van der Waals surface area contributed by atoms with Crippen LogP contribution < -0.4 is 10.6 Å². The first-order valence-corrected chi connectivity index (χ1v) is 11.1. The maximum absolute atomic E-state index is 15.2. The number of rotatable bonds is 5. The molecule has 0 bridgehead atoms. The predicted molar refractivity (Wildman–Crippen MR) is 127 cm³/mol. The van der Waals surface area contributed by atoms with Crippen LogP contribution >= 0.6 is 0 Å². The molecule has 1 aromatic heterocycles. The molecule has 3 aromatic rings. The summed E-state index contributed by atoms with van der Waals surface area (Å²) in [5, 5.41) is 7.31. The summed E-state index contributed by atoms with van der Waals surface area (Å²) in [5.41, 5.74) is 2.99. The third-order valence-corrected chi connectivity index (χ3v) is 6.59. The highest BCUT2D eigenvalue weighted by molar-refractivity contribution is 5.94. The van der Waals surface area contributed by atoms with E-state index in [0.29, 0.717) is 11.6 Å². The van der Waals surface area contributed by atoms with Crippen LogP contribution in [0.2, 0.25) is 0 Å². The second-order valence-corrected chi connectivity index (χ2v) is 9.62. The van der Waals surface area contributed by atoms with Crippen molar-refractivity contribution in [2.75, 3.05) is 10.6 Å². The molecule has 0 saturated carbocycles. The van der Waals surface area contributed by atoms with Crippen molar-refractivity contribution < 1.29 is 13.2 Å². The molecule has 0 radical (unpaired) electrons. The van der Waals surface area contributed by atoms with E-state index in [1.165, 1.54) is 26.0 Å². The van der Waals surface area contributed by atoms with E-state index >= 15 is 4.39 Å². The second kappa shape index (κ2) is 7.75. The largest absolute Gasteiger partial charge is 0.363 e. The molecule has 1 aliphatic heterocycles. The Morgan fingerprint density at radius 2 is 1.82 bits per heavy atom. The van der Waals surface area contributed by atoms with Crippen LogP contribution in [0.5, 0.6) is 0 Å². The number of aryl methyl sites for hydroxylation is 1. The molecule has 0 amide bonds. The van der Waals surface area contributed by atoms with Gasteiger partial charge in [0.25, 0.3) is 5.92 Å². The first kappa shape index (κ1) is 23.1. The van der Waals surface area contributed by atoms with Crippen molar-refractivity contribution >= 4 is 22.4 Å². The SMILES string of the molecule is C=C1Nc2cc3c(N[C@H](C)c4cccc(C(F)(F)C(C)C)c4F)nc(C)nc3cc2C1(C)C. The van der Waals surface area contributed by atoms with Crippen molar-refractivity contribution in [2.45, 2.75) is 58.9 Å². The summed E-state index contributed by atoms with van der Waals surface area (Å²) in [7, 11) is 0. The van der Waals surface area contributed by atoms with E-state index in [4.69, 9.17) is 0 Å². The van der Waals surface area contributed by atoms with Gasteiger partial charge in [-0.15, -0.1) is 0 Å². The van der Waals surface area contributed by atoms with Gasteiger partial charge in [-0.1, -0.05) is 52.5 Å². The van der Waals surface area contributed by atoms with E-state index in [9.17, 15) is 8.78 Å². The Bertz CT molecular complexity index is 1260. The molecule has 174 valence electrons. The Kier molecular flexibility index (Phi) is 5.42. The quantitative estimate of drug-likeness (QED) is 0.427. The number of anilines is 2. The molecule has 2 N–H and O–H groups in total. The van der Waals surface area contributed by atoms with E-state index < -0.39 is 29.3 Å². The Labute approximate surface area is 192 Å². The zero-order chi connectivity index (χ0) is 24.3. The second-order valence-electron chi connectivity index (χ2n) is 9.62. The van der Waals surface area contributed by atoms with Crippen molar-refractivity contribution in [1.29, 1.82) is 0 Å². The van der Waals surface area contributed by atoms with Gasteiger partial charge in [-0.25, -0.2) is 23.1 Å². The average molecular weight is 455 g/mol. The Morgan fingerprint density at radius 1 is 1.12 bits per heavy atom. The number of hydrogen-bond donors (Lipinski definition) is 2. The van der Waals surface area contributed by atoms with Crippen LogP contribution in [0.1, 0.15) is 63.2 Å². The topological polar surface area (TPSA) is 49.8 Å². The molecule has 4 nitrogen and oxygen atoms in total. The highest BCUT2D eigenvalue weighted by Gasteiger charge is 2.39. The summed E-state index contributed by atoms with van der Waals surface area (Å²) < 4.78 is 44.4. The molecule has 7 heteroatoms. The van der Waals surface area contributed by atoms with Gasteiger partial charge in [0.1, 0.15) is 17.5 Å². The van der Waals surface area contributed by atoms with Crippen LogP contribution in [0, 0.1) is 18.7 Å². The molecule has 0 saturated heterocycles. The number of halogens is 3. The normalized spacial score (nSPS) is 16.1. The first-order valence-electron chi connectivity index (χ1n) is 11.1. The molecule has 0 aliphatic carbocycles. The standard InChI is InChI=1S/C26H29F3N4/c1-13(2)26(28,29)19-10-8-9-17(23(19)27)14(3)30-24-18-11-22-20(25(6,7)15(4)31-22)12-21(18)32-16(5)33-24/h8-14,31H,4H2,1-3,5-7H3,(H,30,32,33)/t14-/m1/s1. The van der Waals surface area contributed by atoms with E-state index in [0.717, 1.165) is 33.9 Å². The van der Waals surface area contributed by atoms with Gasteiger partial charge in [-0.2, -0.15) is 0 Å². The molecule has 2 aromatic carbocycles. The summed E-state index contributed by atoms with van der Waals surface area (Å²) in [5.74, 6) is -4.11. The third kappa shape index (κ3) is 3.73. The number of fused-ring (bicyclic) bond motifs is 2. The first-order chi connectivity index (χ1) is 15.3. The van der Waals surface area contributed by atoms with Crippen molar-refractivity contribution in [3.8, 4) is 0 Å². The Balaban J connectivity index is 1.76. The molecule has 4 rings (SSSR count). The summed E-state index contributed by atoms with van der Waals surface area (Å²) in [6.07, 6.45) is 0. The number of aromatic nitrogens is 2. The molecule has 0 spiro atoms. The highest BCUT2D eigenvalue weighted by atomic mass is 19.3. The van der Waals surface area contributed by atoms with E-state index in [-0.39, 0.29) is 11.0 Å². The summed E-state index contributed by atoms with van der Waals surface area (Å²) in [6.45, 7) is 14.6. The lowest BCUT2D eigenvalue weighted by atomic mass is 9.84. The van der Waals surface area contributed by atoms with Gasteiger partial charge >= 0.3 is 0 Å². The maximum Gasteiger partial charge on any atom is 0.278 e. The van der Waals surface area contributed by atoms with Crippen LogP contribution in [0.4, 0.5) is 24.7 Å². The smallest absolute Gasteiger partial charge is 0.278 e. The minimum atomic E-state index is -3.26. The van der Waals surface area contributed by atoms with Gasteiger partial charge in [-0.05, 0) is 31.5 Å². The van der Waals surface area contributed by atoms with Gasteiger partial charge in [0.15, 0.2) is 0 Å². The fourth-order valence-corrected chi connectivity index (χ4v) is 4.24. The van der Waals surface area contributed by atoms with Gasteiger partial charge in [0, 0.05) is 33.7 Å². The monoisotopic (exact) mass is 454 g/mol. The Morgan fingerprint density at radius 3 is 2.48 bits per heavy atom. The maximum atomic E-state index is 15.2. The zero-order valence-electron chi connectivity index (χ0n) is 19.8. The lowest BCUT2D eigenvalue weighted by Gasteiger charge is -2.24. The Hall–Kier alpha value is -3.09. The van der Waals surface area contributed by atoms with Crippen LogP contribution in [-0.2, 0) is 11.3 Å². The van der Waals surface area contributed by atoms with E-state index in [1.807, 2.05) is 12.1 Å². The summed E-state index contributed by atoms with van der Waals surface area (Å²) in [6, 6.07) is 7.52. The van der Waals surface area contributed by atoms with Crippen LogP contribution in [0.25, 0.3) is 10.9 Å². The molecule has 0 fully saturated rings. The van der Waals surface area contributed by atoms with Crippen molar-refractivity contribution in [3.05, 3.63) is 70.9 Å². The molecule has 2 heterocycles. The summed E-state index contributed by atoms with van der Waals surface area (Å²) >= 11 is 0. The minimum Gasteiger partial charge on any atom is -0.363 e. The zero-order valence-corrected chi connectivity index (χ0v) is 19.8. The number of nitrogens with zero attached hydrogens (tertiary/aromatic N) is 2. The molecule has 0 unspecified atom stereocenters. The highest BCUT2D eigenvalue weighted by Crippen LogP contribution is 2.45. The predicted octanol–water partition coefficient (Wildman–Crippen LogP) is 7.22. The van der Waals surface area contributed by atoms with Crippen molar-refractivity contribution in [1.82, 2.24) is 9.97 Å². The molecular formula is C26H29F3N4. The van der Waals surface area contributed by atoms with Gasteiger partial charge in [0.2, 0.25) is 0 Å². The third-order valence-electron chi connectivity index (χ3n) is 6.59.